The van der Waals surface area contributed by atoms with Crippen LogP contribution in [0.5, 0.6) is 0 Å². The lowest BCUT2D eigenvalue weighted by Gasteiger charge is -2.28. The molecule has 3 aromatic rings. The van der Waals surface area contributed by atoms with Gasteiger partial charge in [-0.15, -0.1) is 0 Å². The van der Waals surface area contributed by atoms with Crippen LogP contribution >= 0.6 is 0 Å². The van der Waals surface area contributed by atoms with Crippen LogP contribution in [0.15, 0.2) is 44.6 Å². The van der Waals surface area contributed by atoms with Crippen molar-refractivity contribution in [3.63, 3.8) is 0 Å². The summed E-state index contributed by atoms with van der Waals surface area (Å²) < 4.78 is 6.53. The zero-order chi connectivity index (χ0) is 20.2. The van der Waals surface area contributed by atoms with Crippen molar-refractivity contribution in [3.05, 3.63) is 62.8 Å². The highest BCUT2D eigenvalue weighted by atomic mass is 16.5. The van der Waals surface area contributed by atoms with E-state index in [-0.39, 0.29) is 12.1 Å². The summed E-state index contributed by atoms with van der Waals surface area (Å²) in [5.41, 5.74) is 0.658. The fourth-order valence-corrected chi connectivity index (χ4v) is 3.42. The van der Waals surface area contributed by atoms with Crippen molar-refractivity contribution in [2.75, 3.05) is 18.0 Å². The van der Waals surface area contributed by atoms with E-state index in [2.05, 4.69) is 32.2 Å². The van der Waals surface area contributed by atoms with Crippen molar-refractivity contribution in [1.82, 2.24) is 19.7 Å². The fraction of sp³-hybridized carbons (Fsp3) is 0.350. The molecule has 29 heavy (non-hydrogen) atoms. The van der Waals surface area contributed by atoms with Crippen LogP contribution in [-0.2, 0) is 13.0 Å². The van der Waals surface area contributed by atoms with Gasteiger partial charge in [-0.3, -0.25) is 14.3 Å². The molecule has 0 radical (unpaired) electrons. The first-order valence-corrected chi connectivity index (χ1v) is 9.56. The van der Waals surface area contributed by atoms with Gasteiger partial charge in [-0.2, -0.15) is 10.2 Å². The predicted octanol–water partition coefficient (Wildman–Crippen LogP) is 1.69. The summed E-state index contributed by atoms with van der Waals surface area (Å²) in [4.78, 5) is 32.2. The number of hydrogen-bond donors (Lipinski definition) is 1. The quantitative estimate of drug-likeness (QED) is 0.701. The molecule has 9 heteroatoms. The summed E-state index contributed by atoms with van der Waals surface area (Å²) in [6.07, 6.45) is 5.28. The van der Waals surface area contributed by atoms with E-state index in [1.807, 2.05) is 12.1 Å². The van der Waals surface area contributed by atoms with Crippen LogP contribution in [0.4, 0.5) is 5.69 Å². The number of nitrogens with one attached hydrogen (secondary N) is 1. The first kappa shape index (κ1) is 18.7. The molecule has 0 saturated carbocycles. The monoisotopic (exact) mass is 392 g/mol. The first-order valence-electron chi connectivity index (χ1n) is 9.56. The molecule has 1 aliphatic rings. The van der Waals surface area contributed by atoms with Gasteiger partial charge in [0.25, 0.3) is 5.56 Å². The third-order valence-corrected chi connectivity index (χ3v) is 5.01. The lowest BCUT2D eigenvalue weighted by Crippen LogP contribution is -2.31. The fourth-order valence-electron chi connectivity index (χ4n) is 3.42. The number of piperidine rings is 1. The largest absolute Gasteiger partial charge is 0.372 e. The molecular weight excluding hydrogens is 372 g/mol. The Hall–Kier alpha value is -3.67. The molecule has 1 fully saturated rings. The lowest BCUT2D eigenvalue weighted by molar-refractivity contribution is 0.371. The summed E-state index contributed by atoms with van der Waals surface area (Å²) in [6.45, 7) is 2.38. The SMILES string of the molecule is N#Cc1cn(CCc2nc(-c3ccc(N4CCCCC4)cc3)no2)c(=O)[nH]c1=O. The molecule has 9 nitrogen and oxygen atoms in total. The van der Waals surface area contributed by atoms with E-state index in [4.69, 9.17) is 9.78 Å². The molecule has 0 spiro atoms. The first-order chi connectivity index (χ1) is 14.1. The molecule has 0 aliphatic carbocycles. The second kappa shape index (κ2) is 8.14. The molecule has 4 rings (SSSR count). The van der Waals surface area contributed by atoms with Gasteiger partial charge < -0.3 is 9.42 Å². The van der Waals surface area contributed by atoms with Crippen molar-refractivity contribution >= 4 is 5.69 Å². The molecule has 0 amide bonds. The van der Waals surface area contributed by atoms with Crippen LogP contribution in [0.25, 0.3) is 11.4 Å². The van der Waals surface area contributed by atoms with E-state index in [0.29, 0.717) is 18.1 Å². The van der Waals surface area contributed by atoms with Gasteiger partial charge in [0.1, 0.15) is 11.6 Å². The number of nitrogens with zero attached hydrogens (tertiary/aromatic N) is 5. The molecule has 3 heterocycles. The molecule has 0 unspecified atom stereocenters. The molecule has 0 atom stereocenters. The number of H-pyrrole nitrogens is 1. The standard InChI is InChI=1S/C20H20N6O3/c21-12-15-13-26(20(28)23-19(15)27)11-8-17-22-18(24-29-17)14-4-6-16(7-5-14)25-9-2-1-3-10-25/h4-7,13H,1-3,8-11H2,(H,23,27,28). The number of aromatic nitrogens is 4. The van der Waals surface area contributed by atoms with Crippen molar-refractivity contribution in [1.29, 1.82) is 5.26 Å². The third-order valence-electron chi connectivity index (χ3n) is 5.01. The number of benzene rings is 1. The second-order valence-corrected chi connectivity index (χ2v) is 6.96. The molecule has 2 aromatic heterocycles. The van der Waals surface area contributed by atoms with Gasteiger partial charge in [0, 0.05) is 43.5 Å². The number of aromatic amines is 1. The number of anilines is 1. The van der Waals surface area contributed by atoms with Gasteiger partial charge in [0.05, 0.1) is 0 Å². The number of nitriles is 1. The second-order valence-electron chi connectivity index (χ2n) is 6.96. The Labute approximate surface area is 166 Å². The van der Waals surface area contributed by atoms with E-state index < -0.39 is 11.2 Å². The number of rotatable bonds is 5. The molecule has 1 aromatic carbocycles. The molecule has 148 valence electrons. The minimum atomic E-state index is -0.693. The third kappa shape index (κ3) is 4.11. The van der Waals surface area contributed by atoms with Crippen LogP contribution < -0.4 is 16.1 Å². The van der Waals surface area contributed by atoms with Crippen LogP contribution in [-0.4, -0.2) is 32.8 Å². The summed E-state index contributed by atoms with van der Waals surface area (Å²) >= 11 is 0. The van der Waals surface area contributed by atoms with Crippen molar-refractivity contribution in [2.45, 2.75) is 32.2 Å². The Morgan fingerprint density at radius 2 is 1.90 bits per heavy atom. The van der Waals surface area contributed by atoms with E-state index in [9.17, 15) is 9.59 Å². The maximum absolute atomic E-state index is 11.8. The molecular formula is C20H20N6O3. The minimum Gasteiger partial charge on any atom is -0.372 e. The maximum atomic E-state index is 11.8. The average Bonchev–Trinajstić information content (AvgIpc) is 3.23. The van der Waals surface area contributed by atoms with Gasteiger partial charge in [-0.05, 0) is 43.5 Å². The summed E-state index contributed by atoms with van der Waals surface area (Å²) in [5, 5.41) is 12.9. The van der Waals surface area contributed by atoms with Gasteiger partial charge in [0.2, 0.25) is 11.7 Å². The Kier molecular flexibility index (Phi) is 5.24. The highest BCUT2D eigenvalue weighted by molar-refractivity contribution is 5.60. The zero-order valence-electron chi connectivity index (χ0n) is 15.8. The Balaban J connectivity index is 1.44. The van der Waals surface area contributed by atoms with Crippen LogP contribution in [0, 0.1) is 11.3 Å². The van der Waals surface area contributed by atoms with E-state index >= 15 is 0 Å². The van der Waals surface area contributed by atoms with Crippen LogP contribution in [0.1, 0.15) is 30.7 Å². The maximum Gasteiger partial charge on any atom is 0.328 e. The zero-order valence-corrected chi connectivity index (χ0v) is 15.8. The highest BCUT2D eigenvalue weighted by Crippen LogP contribution is 2.23. The van der Waals surface area contributed by atoms with Crippen LogP contribution in [0.3, 0.4) is 0 Å². The molecule has 1 N–H and O–H groups in total. The van der Waals surface area contributed by atoms with E-state index in [1.165, 1.54) is 35.7 Å². The normalized spacial score (nSPS) is 14.0. The van der Waals surface area contributed by atoms with Crippen molar-refractivity contribution < 1.29 is 4.52 Å². The predicted molar refractivity (Wildman–Crippen MR) is 106 cm³/mol. The lowest BCUT2D eigenvalue weighted by atomic mass is 10.1. The number of hydrogen-bond acceptors (Lipinski definition) is 7. The topological polar surface area (TPSA) is 121 Å². The van der Waals surface area contributed by atoms with Gasteiger partial charge in [-0.1, -0.05) is 5.16 Å². The molecule has 1 aliphatic heterocycles. The Morgan fingerprint density at radius 1 is 1.14 bits per heavy atom. The smallest absolute Gasteiger partial charge is 0.328 e. The summed E-state index contributed by atoms with van der Waals surface area (Å²) in [5.74, 6) is 0.855. The van der Waals surface area contributed by atoms with E-state index in [1.54, 1.807) is 6.07 Å². The van der Waals surface area contributed by atoms with E-state index in [0.717, 1.165) is 18.7 Å². The highest BCUT2D eigenvalue weighted by Gasteiger charge is 2.13. The minimum absolute atomic E-state index is 0.121. The number of aryl methyl sites for hydroxylation is 2. The molecule has 0 bridgehead atoms. The van der Waals surface area contributed by atoms with Crippen molar-refractivity contribution in [2.24, 2.45) is 0 Å². The summed E-state index contributed by atoms with van der Waals surface area (Å²) in [7, 11) is 0. The summed E-state index contributed by atoms with van der Waals surface area (Å²) in [6, 6.07) is 9.85. The van der Waals surface area contributed by atoms with Crippen molar-refractivity contribution in [3.8, 4) is 17.5 Å². The Bertz CT molecular complexity index is 1150. The van der Waals surface area contributed by atoms with Gasteiger partial charge in [0.15, 0.2) is 0 Å². The molecule has 1 saturated heterocycles. The van der Waals surface area contributed by atoms with Crippen LogP contribution in [0.2, 0.25) is 0 Å². The van der Waals surface area contributed by atoms with Gasteiger partial charge >= 0.3 is 5.69 Å². The Morgan fingerprint density at radius 3 is 2.62 bits per heavy atom. The van der Waals surface area contributed by atoms with Gasteiger partial charge in [-0.25, -0.2) is 4.79 Å². The average molecular weight is 392 g/mol.